The molecule has 0 atom stereocenters. The van der Waals surface area contributed by atoms with Gasteiger partial charge in [-0.1, -0.05) is 17.7 Å². The molecule has 6 nitrogen and oxygen atoms in total. The van der Waals surface area contributed by atoms with E-state index >= 15 is 0 Å². The molecule has 0 bridgehead atoms. The minimum atomic E-state index is 0.00520. The van der Waals surface area contributed by atoms with Gasteiger partial charge in [0.05, 0.1) is 12.8 Å². The van der Waals surface area contributed by atoms with Gasteiger partial charge in [-0.05, 0) is 24.6 Å². The number of carbonyl (C=O) groups is 1. The number of hydrogen-bond donors (Lipinski definition) is 0. The van der Waals surface area contributed by atoms with E-state index in [0.717, 1.165) is 36.8 Å². The molecule has 1 amide bonds. The van der Waals surface area contributed by atoms with Crippen molar-refractivity contribution in [3.8, 4) is 5.88 Å². The second-order valence-electron chi connectivity index (χ2n) is 6.50. The zero-order valence-corrected chi connectivity index (χ0v) is 15.0. The van der Waals surface area contributed by atoms with Crippen LogP contribution >= 0.6 is 11.6 Å². The third-order valence-corrected chi connectivity index (χ3v) is 5.09. The van der Waals surface area contributed by atoms with Crippen molar-refractivity contribution >= 4 is 23.2 Å². The van der Waals surface area contributed by atoms with Crippen molar-refractivity contribution in [2.75, 3.05) is 37.7 Å². The van der Waals surface area contributed by atoms with Crippen LogP contribution in [0.4, 0.5) is 5.69 Å². The first-order valence-corrected chi connectivity index (χ1v) is 9.00. The molecule has 25 heavy (non-hydrogen) atoms. The topological polar surface area (TPSA) is 50.6 Å². The molecule has 3 heterocycles. The van der Waals surface area contributed by atoms with E-state index in [-0.39, 0.29) is 5.91 Å². The monoisotopic (exact) mass is 360 g/mol. The first kappa shape index (κ1) is 16.3. The normalized spacial score (nSPS) is 17.2. The molecule has 0 unspecified atom stereocenters. The van der Waals surface area contributed by atoms with E-state index in [2.05, 4.69) is 16.9 Å². The highest BCUT2D eigenvalue weighted by Crippen LogP contribution is 2.27. The third kappa shape index (κ3) is 3.06. The Balaban J connectivity index is 1.46. The lowest BCUT2D eigenvalue weighted by molar-refractivity contribution is 0.0740. The number of amides is 1. The van der Waals surface area contributed by atoms with Crippen molar-refractivity contribution in [1.82, 2.24) is 14.7 Å². The first-order valence-electron chi connectivity index (χ1n) is 8.62. The summed E-state index contributed by atoms with van der Waals surface area (Å²) in [6.45, 7) is 6.47. The summed E-state index contributed by atoms with van der Waals surface area (Å²) in [5, 5.41) is 5.01. The molecular formula is C18H21ClN4O2. The number of halogens is 1. The predicted molar refractivity (Wildman–Crippen MR) is 96.6 cm³/mol. The van der Waals surface area contributed by atoms with Crippen LogP contribution in [0.3, 0.4) is 0 Å². The second-order valence-corrected chi connectivity index (χ2v) is 6.94. The van der Waals surface area contributed by atoms with E-state index in [9.17, 15) is 4.79 Å². The molecule has 4 rings (SSSR count). The molecule has 2 aliphatic heterocycles. The maximum atomic E-state index is 12.8. The summed E-state index contributed by atoms with van der Waals surface area (Å²) in [6, 6.07) is 5.94. The van der Waals surface area contributed by atoms with Crippen molar-refractivity contribution in [3.05, 3.63) is 40.5 Å². The van der Waals surface area contributed by atoms with Crippen molar-refractivity contribution in [2.24, 2.45) is 0 Å². The summed E-state index contributed by atoms with van der Waals surface area (Å²) in [5.41, 5.74) is 2.92. The summed E-state index contributed by atoms with van der Waals surface area (Å²) in [7, 11) is 0. The van der Waals surface area contributed by atoms with Gasteiger partial charge >= 0.3 is 0 Å². The molecule has 132 valence electrons. The molecule has 0 radical (unpaired) electrons. The minimum Gasteiger partial charge on any atom is -0.477 e. The molecule has 0 saturated carbocycles. The fraction of sp³-hybridized carbons (Fsp3) is 0.444. The van der Waals surface area contributed by atoms with Gasteiger partial charge in [0.2, 0.25) is 5.88 Å². The summed E-state index contributed by atoms with van der Waals surface area (Å²) in [5.74, 6) is 0.620. The van der Waals surface area contributed by atoms with Gasteiger partial charge < -0.3 is 14.5 Å². The van der Waals surface area contributed by atoms with Crippen LogP contribution in [0.1, 0.15) is 22.3 Å². The van der Waals surface area contributed by atoms with Crippen LogP contribution in [0.15, 0.2) is 24.4 Å². The number of carbonyl (C=O) groups excluding carboxylic acids is 1. The van der Waals surface area contributed by atoms with Gasteiger partial charge in [-0.2, -0.15) is 5.10 Å². The number of ether oxygens (including phenoxy) is 1. The van der Waals surface area contributed by atoms with Gasteiger partial charge in [0.15, 0.2) is 0 Å². The quantitative estimate of drug-likeness (QED) is 0.826. The Bertz CT molecular complexity index is 796. The van der Waals surface area contributed by atoms with Crippen molar-refractivity contribution in [2.45, 2.75) is 19.9 Å². The first-order chi connectivity index (χ1) is 12.1. The average Bonchev–Trinajstić information content (AvgIpc) is 3.07. The molecule has 1 fully saturated rings. The molecule has 1 aromatic heterocycles. The summed E-state index contributed by atoms with van der Waals surface area (Å²) in [4.78, 5) is 17.0. The Morgan fingerprint density at radius 1 is 1.20 bits per heavy atom. The van der Waals surface area contributed by atoms with Crippen LogP contribution in [0.5, 0.6) is 5.88 Å². The summed E-state index contributed by atoms with van der Waals surface area (Å²) < 4.78 is 7.43. The molecule has 1 saturated heterocycles. The van der Waals surface area contributed by atoms with Crippen LogP contribution in [0, 0.1) is 6.92 Å². The van der Waals surface area contributed by atoms with E-state index < -0.39 is 0 Å². The minimum absolute atomic E-state index is 0.00520. The lowest BCUT2D eigenvalue weighted by Gasteiger charge is -2.36. The number of nitrogens with zero attached hydrogens (tertiary/aromatic N) is 4. The SMILES string of the molecule is Cc1ccc(Cl)cc1N1CCN(C(=O)c2cnn3c2OCCC3)CC1. The molecular weight excluding hydrogens is 340 g/mol. The zero-order valence-electron chi connectivity index (χ0n) is 14.2. The van der Waals surface area contributed by atoms with Gasteiger partial charge in [0.25, 0.3) is 5.91 Å². The Kier molecular flexibility index (Phi) is 4.29. The number of fused-ring (bicyclic) bond motifs is 1. The molecule has 1 aromatic carbocycles. The van der Waals surface area contributed by atoms with Crippen LogP contribution in [0.25, 0.3) is 0 Å². The number of anilines is 1. The van der Waals surface area contributed by atoms with Crippen molar-refractivity contribution in [1.29, 1.82) is 0 Å². The van der Waals surface area contributed by atoms with Gasteiger partial charge in [0.1, 0.15) is 5.56 Å². The van der Waals surface area contributed by atoms with Crippen LogP contribution in [0.2, 0.25) is 5.02 Å². The molecule has 0 spiro atoms. The number of piperazine rings is 1. The molecule has 2 aromatic rings. The van der Waals surface area contributed by atoms with Gasteiger partial charge in [-0.25, -0.2) is 4.68 Å². The Hall–Kier alpha value is -2.21. The average molecular weight is 361 g/mol. The zero-order chi connectivity index (χ0) is 17.4. The number of hydrogen-bond acceptors (Lipinski definition) is 4. The van der Waals surface area contributed by atoms with E-state index in [1.165, 1.54) is 5.56 Å². The van der Waals surface area contributed by atoms with E-state index in [0.29, 0.717) is 31.1 Å². The smallest absolute Gasteiger partial charge is 0.261 e. The summed E-state index contributed by atoms with van der Waals surface area (Å²) in [6.07, 6.45) is 2.57. The Morgan fingerprint density at radius 2 is 2.00 bits per heavy atom. The predicted octanol–water partition coefficient (Wildman–Crippen LogP) is 2.59. The fourth-order valence-electron chi connectivity index (χ4n) is 3.46. The summed E-state index contributed by atoms with van der Waals surface area (Å²) >= 11 is 6.14. The Labute approximate surface area is 151 Å². The standard InChI is InChI=1S/C18H21ClN4O2/c1-13-3-4-14(19)11-16(13)21-6-8-22(9-7-21)17(24)15-12-20-23-5-2-10-25-18(15)23/h3-4,11-12H,2,5-10H2,1H3. The van der Waals surface area contributed by atoms with Gasteiger partial charge in [0, 0.05) is 49.9 Å². The van der Waals surface area contributed by atoms with Gasteiger partial charge in [-0.3, -0.25) is 4.79 Å². The van der Waals surface area contributed by atoms with Crippen LogP contribution in [-0.2, 0) is 6.54 Å². The number of aryl methyl sites for hydroxylation is 2. The number of aromatic nitrogens is 2. The highest BCUT2D eigenvalue weighted by atomic mass is 35.5. The van der Waals surface area contributed by atoms with E-state index in [1.54, 1.807) is 10.9 Å². The Morgan fingerprint density at radius 3 is 2.80 bits per heavy atom. The fourth-order valence-corrected chi connectivity index (χ4v) is 3.63. The largest absolute Gasteiger partial charge is 0.477 e. The van der Waals surface area contributed by atoms with Gasteiger partial charge in [-0.15, -0.1) is 0 Å². The highest BCUT2D eigenvalue weighted by Gasteiger charge is 2.28. The lowest BCUT2D eigenvalue weighted by atomic mass is 10.1. The van der Waals surface area contributed by atoms with Crippen LogP contribution < -0.4 is 9.64 Å². The molecule has 2 aliphatic rings. The third-order valence-electron chi connectivity index (χ3n) is 4.85. The van der Waals surface area contributed by atoms with E-state index in [1.807, 2.05) is 23.1 Å². The van der Waals surface area contributed by atoms with Crippen molar-refractivity contribution < 1.29 is 9.53 Å². The maximum absolute atomic E-state index is 12.8. The maximum Gasteiger partial charge on any atom is 0.261 e. The molecule has 0 aliphatic carbocycles. The molecule has 7 heteroatoms. The van der Waals surface area contributed by atoms with Crippen LogP contribution in [-0.4, -0.2) is 53.4 Å². The number of rotatable bonds is 2. The molecule has 0 N–H and O–H groups in total. The van der Waals surface area contributed by atoms with Crippen molar-refractivity contribution in [3.63, 3.8) is 0 Å². The second kappa shape index (κ2) is 6.59. The van der Waals surface area contributed by atoms with E-state index in [4.69, 9.17) is 16.3 Å². The highest BCUT2D eigenvalue weighted by molar-refractivity contribution is 6.30. The number of benzene rings is 1. The lowest BCUT2D eigenvalue weighted by Crippen LogP contribution is -2.49.